The number of rotatable bonds is 6. The molecule has 0 radical (unpaired) electrons. The fourth-order valence-electron chi connectivity index (χ4n) is 2.27. The number of benzene rings is 1. The third-order valence-electron chi connectivity index (χ3n) is 3.44. The highest BCUT2D eigenvalue weighted by molar-refractivity contribution is 5.77. The third kappa shape index (κ3) is 2.74. The van der Waals surface area contributed by atoms with Crippen LogP contribution in [0.2, 0.25) is 0 Å². The summed E-state index contributed by atoms with van der Waals surface area (Å²) in [6.07, 6.45) is 4.42. The molecule has 1 aromatic carbocycles. The van der Waals surface area contributed by atoms with Crippen LogP contribution in [-0.2, 0) is 0 Å². The van der Waals surface area contributed by atoms with E-state index < -0.39 is 6.10 Å². The Morgan fingerprint density at radius 2 is 2.17 bits per heavy atom. The van der Waals surface area contributed by atoms with E-state index in [0.717, 1.165) is 35.8 Å². The molecule has 0 spiro atoms. The Hall–Kier alpha value is -1.32. The number of likely N-dealkylation sites (N-methyl/N-ethyl adjacent to an activating group) is 1. The van der Waals surface area contributed by atoms with E-state index >= 15 is 0 Å². The smallest absolute Gasteiger partial charge is 0.134 e. The van der Waals surface area contributed by atoms with Gasteiger partial charge in [-0.3, -0.25) is 0 Å². The lowest BCUT2D eigenvalue weighted by Gasteiger charge is -2.22. The Labute approximate surface area is 108 Å². The van der Waals surface area contributed by atoms with Crippen molar-refractivity contribution in [3.63, 3.8) is 0 Å². The highest BCUT2D eigenvalue weighted by Crippen LogP contribution is 2.24. The molecule has 0 fully saturated rings. The van der Waals surface area contributed by atoms with Crippen LogP contribution in [0.15, 0.2) is 34.9 Å². The number of unbranched alkanes of at least 4 members (excludes halogenated alkanes) is 1. The fourth-order valence-corrected chi connectivity index (χ4v) is 2.27. The fraction of sp³-hybridized carbons (Fsp3) is 0.467. The zero-order chi connectivity index (χ0) is 13.0. The van der Waals surface area contributed by atoms with Crippen molar-refractivity contribution in [1.82, 2.24) is 5.32 Å². The minimum absolute atomic E-state index is 0.0948. The predicted octanol–water partition coefficient (Wildman–Crippen LogP) is 3.24. The van der Waals surface area contributed by atoms with Gasteiger partial charge in [0.1, 0.15) is 5.58 Å². The van der Waals surface area contributed by atoms with Crippen LogP contribution in [-0.4, -0.2) is 18.2 Å². The number of hydrogen-bond donors (Lipinski definition) is 2. The Bertz CT molecular complexity index is 492. The molecule has 0 saturated heterocycles. The van der Waals surface area contributed by atoms with Gasteiger partial charge in [-0.15, -0.1) is 0 Å². The highest BCUT2D eigenvalue weighted by atomic mass is 16.3. The average Bonchev–Trinajstić information content (AvgIpc) is 2.86. The molecule has 0 aliphatic carbocycles. The lowest BCUT2D eigenvalue weighted by molar-refractivity contribution is 0.126. The zero-order valence-electron chi connectivity index (χ0n) is 11.0. The second kappa shape index (κ2) is 6.03. The first-order chi connectivity index (χ1) is 8.76. The first-order valence-electron chi connectivity index (χ1n) is 6.58. The molecule has 2 rings (SSSR count). The summed E-state index contributed by atoms with van der Waals surface area (Å²) in [5.74, 6) is 0. The second-order valence-electron chi connectivity index (χ2n) is 4.70. The van der Waals surface area contributed by atoms with Gasteiger partial charge in [0, 0.05) is 11.4 Å². The van der Waals surface area contributed by atoms with E-state index in [1.54, 1.807) is 6.26 Å². The van der Waals surface area contributed by atoms with Crippen LogP contribution in [0.1, 0.15) is 37.9 Å². The number of aliphatic hydroxyl groups is 1. The third-order valence-corrected chi connectivity index (χ3v) is 3.44. The molecule has 0 aliphatic rings. The summed E-state index contributed by atoms with van der Waals surface area (Å²) in [6.45, 7) is 2.16. The summed E-state index contributed by atoms with van der Waals surface area (Å²) >= 11 is 0. The van der Waals surface area contributed by atoms with Gasteiger partial charge in [-0.1, -0.05) is 31.9 Å². The number of nitrogens with one attached hydrogen (secondary N) is 1. The Morgan fingerprint density at radius 3 is 2.89 bits per heavy atom. The molecule has 0 amide bonds. The van der Waals surface area contributed by atoms with Gasteiger partial charge in [0.05, 0.1) is 12.4 Å². The molecular weight excluding hydrogens is 226 g/mol. The molecule has 0 aliphatic heterocycles. The van der Waals surface area contributed by atoms with Crippen molar-refractivity contribution >= 4 is 11.0 Å². The topological polar surface area (TPSA) is 45.4 Å². The van der Waals surface area contributed by atoms with Crippen LogP contribution in [0.25, 0.3) is 11.0 Å². The zero-order valence-corrected chi connectivity index (χ0v) is 11.0. The van der Waals surface area contributed by atoms with Crippen molar-refractivity contribution in [3.8, 4) is 0 Å². The minimum Gasteiger partial charge on any atom is -0.464 e. The monoisotopic (exact) mass is 247 g/mol. The van der Waals surface area contributed by atoms with Gasteiger partial charge in [0.2, 0.25) is 0 Å². The van der Waals surface area contributed by atoms with E-state index in [-0.39, 0.29) is 6.04 Å². The SMILES string of the molecule is CCCCC(NC)C(O)c1ccc2ccoc2c1. The second-order valence-corrected chi connectivity index (χ2v) is 4.70. The van der Waals surface area contributed by atoms with Crippen molar-refractivity contribution in [2.75, 3.05) is 7.05 Å². The quantitative estimate of drug-likeness (QED) is 0.823. The van der Waals surface area contributed by atoms with Gasteiger partial charge in [0.15, 0.2) is 0 Å². The molecule has 0 saturated carbocycles. The van der Waals surface area contributed by atoms with Crippen molar-refractivity contribution in [2.45, 2.75) is 38.3 Å². The van der Waals surface area contributed by atoms with Crippen molar-refractivity contribution < 1.29 is 9.52 Å². The van der Waals surface area contributed by atoms with Crippen LogP contribution in [0.5, 0.6) is 0 Å². The predicted molar refractivity (Wildman–Crippen MR) is 73.5 cm³/mol. The number of aliphatic hydroxyl groups excluding tert-OH is 1. The normalized spacial score (nSPS) is 14.8. The van der Waals surface area contributed by atoms with E-state index in [1.807, 2.05) is 31.3 Å². The van der Waals surface area contributed by atoms with E-state index in [2.05, 4.69) is 12.2 Å². The Morgan fingerprint density at radius 1 is 1.33 bits per heavy atom. The van der Waals surface area contributed by atoms with Crippen molar-refractivity contribution in [2.24, 2.45) is 0 Å². The lowest BCUT2D eigenvalue weighted by Crippen LogP contribution is -2.32. The maximum Gasteiger partial charge on any atom is 0.134 e. The number of hydrogen-bond acceptors (Lipinski definition) is 3. The average molecular weight is 247 g/mol. The summed E-state index contributed by atoms with van der Waals surface area (Å²) < 4.78 is 5.37. The molecule has 0 bridgehead atoms. The van der Waals surface area contributed by atoms with Gasteiger partial charge >= 0.3 is 0 Å². The van der Waals surface area contributed by atoms with Crippen molar-refractivity contribution in [3.05, 3.63) is 36.1 Å². The molecule has 1 heterocycles. The maximum atomic E-state index is 10.4. The molecule has 18 heavy (non-hydrogen) atoms. The first kappa shape index (κ1) is 13.1. The van der Waals surface area contributed by atoms with E-state index in [0.29, 0.717) is 0 Å². The van der Waals surface area contributed by atoms with E-state index in [1.165, 1.54) is 0 Å². The van der Waals surface area contributed by atoms with Gasteiger partial charge in [-0.25, -0.2) is 0 Å². The van der Waals surface area contributed by atoms with Crippen LogP contribution in [0.3, 0.4) is 0 Å². The summed E-state index contributed by atoms with van der Waals surface area (Å²) in [6, 6.07) is 7.91. The van der Waals surface area contributed by atoms with Crippen LogP contribution in [0.4, 0.5) is 0 Å². The molecule has 2 atom stereocenters. The Balaban J connectivity index is 2.17. The number of furan rings is 1. The largest absolute Gasteiger partial charge is 0.464 e. The summed E-state index contributed by atoms with van der Waals surface area (Å²) in [4.78, 5) is 0. The van der Waals surface area contributed by atoms with E-state index in [9.17, 15) is 5.11 Å². The van der Waals surface area contributed by atoms with Gasteiger partial charge in [0.25, 0.3) is 0 Å². The van der Waals surface area contributed by atoms with Gasteiger partial charge in [-0.05, 0) is 31.2 Å². The molecule has 1 aromatic heterocycles. The van der Waals surface area contributed by atoms with Crippen LogP contribution < -0.4 is 5.32 Å². The van der Waals surface area contributed by atoms with Gasteiger partial charge in [-0.2, -0.15) is 0 Å². The number of fused-ring (bicyclic) bond motifs is 1. The molecule has 2 N–H and O–H groups in total. The summed E-state index contributed by atoms with van der Waals surface area (Å²) in [5, 5.41) is 14.7. The van der Waals surface area contributed by atoms with Crippen LogP contribution in [0, 0.1) is 0 Å². The molecule has 2 unspecified atom stereocenters. The first-order valence-corrected chi connectivity index (χ1v) is 6.58. The molecule has 98 valence electrons. The highest BCUT2D eigenvalue weighted by Gasteiger charge is 2.19. The molecule has 2 aromatic rings. The minimum atomic E-state index is -0.490. The van der Waals surface area contributed by atoms with Crippen molar-refractivity contribution in [1.29, 1.82) is 0 Å². The Kier molecular flexibility index (Phi) is 4.39. The summed E-state index contributed by atoms with van der Waals surface area (Å²) in [5.41, 5.74) is 1.74. The summed E-state index contributed by atoms with van der Waals surface area (Å²) in [7, 11) is 1.90. The van der Waals surface area contributed by atoms with Crippen LogP contribution >= 0.6 is 0 Å². The molecule has 3 heteroatoms. The maximum absolute atomic E-state index is 10.4. The molecule has 3 nitrogen and oxygen atoms in total. The van der Waals surface area contributed by atoms with E-state index in [4.69, 9.17) is 4.42 Å². The lowest BCUT2D eigenvalue weighted by atomic mass is 9.97. The van der Waals surface area contributed by atoms with Gasteiger partial charge < -0.3 is 14.8 Å². The standard InChI is InChI=1S/C15H21NO2/c1-3-4-5-13(16-2)15(17)12-7-6-11-8-9-18-14(11)10-12/h6-10,13,15-17H,3-5H2,1-2H3. The molecular formula is C15H21NO2.